The minimum Gasteiger partial charge on any atom is -0.508 e. The van der Waals surface area contributed by atoms with Gasteiger partial charge in [0, 0.05) is 25.3 Å². The maximum atomic E-state index is 14.2. The second kappa shape index (κ2) is 15.4. The summed E-state index contributed by atoms with van der Waals surface area (Å²) in [5.41, 5.74) is 10.5. The third-order valence-electron chi connectivity index (χ3n) is 8.85. The van der Waals surface area contributed by atoms with Gasteiger partial charge in [-0.15, -0.1) is 0 Å². The highest BCUT2D eigenvalue weighted by Gasteiger charge is 2.39. The normalized spacial score (nSPS) is 16.5. The fraction of sp³-hybridized carbons (Fsp3) is 0.263. The lowest BCUT2D eigenvalue weighted by Gasteiger charge is -2.38. The highest BCUT2D eigenvalue weighted by atomic mass is 16.4. The van der Waals surface area contributed by atoms with Crippen LogP contribution in [-0.2, 0) is 45.0 Å². The molecule has 4 aromatic rings. The van der Waals surface area contributed by atoms with E-state index in [1.54, 1.807) is 43.3 Å². The fourth-order valence-electron chi connectivity index (χ4n) is 6.10. The number of phenols is 1. The van der Waals surface area contributed by atoms with Gasteiger partial charge in [-0.1, -0.05) is 104 Å². The van der Waals surface area contributed by atoms with Gasteiger partial charge in [0.25, 0.3) is 0 Å². The topological polar surface area (TPSA) is 162 Å². The predicted octanol–water partition coefficient (Wildman–Crippen LogP) is 3.32. The Morgan fingerprint density at radius 2 is 1.38 bits per heavy atom. The minimum absolute atomic E-state index is 0.0584. The molecule has 1 aliphatic rings. The van der Waals surface area contributed by atoms with Crippen LogP contribution in [0.4, 0.5) is 0 Å². The molecular formula is C38H40N4O6. The van der Waals surface area contributed by atoms with Crippen LogP contribution in [0.2, 0.25) is 0 Å². The average molecular weight is 649 g/mol. The van der Waals surface area contributed by atoms with Crippen LogP contribution in [0.25, 0.3) is 0 Å². The van der Waals surface area contributed by atoms with Gasteiger partial charge >= 0.3 is 5.97 Å². The molecule has 10 nitrogen and oxygen atoms in total. The highest BCUT2D eigenvalue weighted by molar-refractivity contribution is 5.95. The summed E-state index contributed by atoms with van der Waals surface area (Å²) in [6.45, 7) is 1.94. The summed E-state index contributed by atoms with van der Waals surface area (Å²) >= 11 is 0. The molecule has 5 unspecified atom stereocenters. The van der Waals surface area contributed by atoms with Crippen LogP contribution in [0, 0.1) is 0 Å². The summed E-state index contributed by atoms with van der Waals surface area (Å²) in [6.07, 6.45) is 0.460. The monoisotopic (exact) mass is 648 g/mol. The summed E-state index contributed by atoms with van der Waals surface area (Å²) in [6, 6.07) is 27.8. The lowest BCUT2D eigenvalue weighted by Crippen LogP contribution is -2.60. The van der Waals surface area contributed by atoms with Crippen LogP contribution in [0.5, 0.6) is 5.75 Å². The van der Waals surface area contributed by atoms with Gasteiger partial charge in [-0.3, -0.25) is 14.4 Å². The number of hydrogen-bond acceptors (Lipinski definition) is 6. The van der Waals surface area contributed by atoms with E-state index in [1.165, 1.54) is 17.0 Å². The van der Waals surface area contributed by atoms with Crippen molar-refractivity contribution in [1.82, 2.24) is 15.5 Å². The number of fused-ring (bicyclic) bond motifs is 1. The summed E-state index contributed by atoms with van der Waals surface area (Å²) < 4.78 is 0. The molecule has 3 amide bonds. The first-order valence-electron chi connectivity index (χ1n) is 15.9. The number of aromatic hydroxyl groups is 1. The summed E-state index contributed by atoms with van der Waals surface area (Å²) in [7, 11) is 0. The van der Waals surface area contributed by atoms with Gasteiger partial charge in [0.15, 0.2) is 0 Å². The Hall–Kier alpha value is -5.48. The summed E-state index contributed by atoms with van der Waals surface area (Å²) in [4.78, 5) is 55.8. The Balaban J connectivity index is 1.41. The van der Waals surface area contributed by atoms with Crippen molar-refractivity contribution < 1.29 is 29.4 Å². The van der Waals surface area contributed by atoms with Crippen molar-refractivity contribution in [2.24, 2.45) is 5.73 Å². The molecule has 0 aliphatic carbocycles. The van der Waals surface area contributed by atoms with Gasteiger partial charge in [-0.05, 0) is 46.4 Å². The number of carbonyl (C=O) groups excluding carboxylic acids is 3. The van der Waals surface area contributed by atoms with Crippen molar-refractivity contribution in [3.05, 3.63) is 137 Å². The molecule has 0 bridgehead atoms. The summed E-state index contributed by atoms with van der Waals surface area (Å²) in [5, 5.41) is 25.2. The molecule has 248 valence electrons. The van der Waals surface area contributed by atoms with Crippen molar-refractivity contribution in [3.8, 4) is 5.75 Å². The molecule has 0 spiro atoms. The van der Waals surface area contributed by atoms with E-state index in [4.69, 9.17) is 5.73 Å². The van der Waals surface area contributed by atoms with Crippen LogP contribution in [0.3, 0.4) is 0 Å². The molecule has 0 saturated carbocycles. The quantitative estimate of drug-likeness (QED) is 0.157. The van der Waals surface area contributed by atoms with Gasteiger partial charge in [0.1, 0.15) is 23.9 Å². The number of carboxylic acid groups (broad SMARTS) is 1. The molecule has 0 aromatic heterocycles. The Kier molecular flexibility index (Phi) is 10.9. The van der Waals surface area contributed by atoms with Gasteiger partial charge in [-0.2, -0.15) is 0 Å². The largest absolute Gasteiger partial charge is 0.508 e. The van der Waals surface area contributed by atoms with E-state index in [1.807, 2.05) is 60.7 Å². The average Bonchev–Trinajstić information content (AvgIpc) is 3.10. The number of rotatable bonds is 12. The van der Waals surface area contributed by atoms with Crippen LogP contribution < -0.4 is 16.4 Å². The number of carboxylic acids is 1. The number of aliphatic carboxylic acids is 1. The number of hydrogen-bond donors (Lipinski definition) is 5. The number of nitrogens with one attached hydrogen (secondary N) is 2. The second-order valence-corrected chi connectivity index (χ2v) is 12.2. The van der Waals surface area contributed by atoms with E-state index in [2.05, 4.69) is 10.6 Å². The van der Waals surface area contributed by atoms with Crippen molar-refractivity contribution in [3.63, 3.8) is 0 Å². The first kappa shape index (κ1) is 33.9. The van der Waals surface area contributed by atoms with E-state index < -0.39 is 53.8 Å². The van der Waals surface area contributed by atoms with E-state index in [0.717, 1.165) is 27.8 Å². The van der Waals surface area contributed by atoms with Gasteiger partial charge in [0.05, 0.1) is 6.04 Å². The van der Waals surface area contributed by atoms with Crippen molar-refractivity contribution in [2.75, 3.05) is 0 Å². The van der Waals surface area contributed by atoms with Crippen LogP contribution >= 0.6 is 0 Å². The molecule has 0 fully saturated rings. The molecule has 0 radical (unpaired) electrons. The number of phenolic OH excluding ortho intramolecular Hbond substituents is 1. The summed E-state index contributed by atoms with van der Waals surface area (Å²) in [5.74, 6) is -3.27. The molecule has 5 rings (SSSR count). The second-order valence-electron chi connectivity index (χ2n) is 12.2. The first-order chi connectivity index (χ1) is 23.1. The van der Waals surface area contributed by atoms with Crippen LogP contribution in [0.1, 0.15) is 40.7 Å². The number of amides is 3. The zero-order chi connectivity index (χ0) is 34.2. The molecule has 0 saturated heterocycles. The third kappa shape index (κ3) is 8.26. The van der Waals surface area contributed by atoms with E-state index in [-0.39, 0.29) is 31.6 Å². The van der Waals surface area contributed by atoms with Crippen molar-refractivity contribution in [2.45, 2.75) is 62.8 Å². The van der Waals surface area contributed by atoms with Gasteiger partial charge in [0.2, 0.25) is 17.7 Å². The van der Waals surface area contributed by atoms with Crippen molar-refractivity contribution in [1.29, 1.82) is 0 Å². The van der Waals surface area contributed by atoms with Crippen LogP contribution in [0.15, 0.2) is 109 Å². The smallest absolute Gasteiger partial charge is 0.326 e. The lowest BCUT2D eigenvalue weighted by atomic mass is 9.90. The zero-order valence-electron chi connectivity index (χ0n) is 26.7. The molecule has 10 heteroatoms. The third-order valence-corrected chi connectivity index (χ3v) is 8.85. The minimum atomic E-state index is -1.24. The van der Waals surface area contributed by atoms with Gasteiger partial charge < -0.3 is 31.5 Å². The van der Waals surface area contributed by atoms with E-state index in [9.17, 15) is 29.4 Å². The highest BCUT2D eigenvalue weighted by Crippen LogP contribution is 2.26. The zero-order valence-corrected chi connectivity index (χ0v) is 26.7. The van der Waals surface area contributed by atoms with Crippen LogP contribution in [-0.4, -0.2) is 63.0 Å². The number of carbonyl (C=O) groups is 4. The molecule has 1 heterocycles. The maximum absolute atomic E-state index is 14.2. The Bertz CT molecular complexity index is 1730. The van der Waals surface area contributed by atoms with E-state index in [0.29, 0.717) is 0 Å². The molecule has 4 aromatic carbocycles. The van der Waals surface area contributed by atoms with Gasteiger partial charge in [-0.25, -0.2) is 4.79 Å². The Morgan fingerprint density at radius 1 is 0.792 bits per heavy atom. The lowest BCUT2D eigenvalue weighted by molar-refractivity contribution is -0.144. The first-order valence-corrected chi connectivity index (χ1v) is 15.9. The molecule has 5 atom stereocenters. The van der Waals surface area contributed by atoms with Crippen molar-refractivity contribution >= 4 is 23.7 Å². The molecule has 6 N–H and O–H groups in total. The Labute approximate surface area is 279 Å². The van der Waals surface area contributed by atoms with E-state index >= 15 is 0 Å². The number of nitrogens with two attached hydrogens (primary N) is 1. The Morgan fingerprint density at radius 3 is 2.02 bits per heavy atom. The number of nitrogens with zero attached hydrogens (tertiary/aromatic N) is 1. The molecular weight excluding hydrogens is 608 g/mol. The maximum Gasteiger partial charge on any atom is 0.326 e. The fourth-order valence-corrected chi connectivity index (χ4v) is 6.10. The molecule has 48 heavy (non-hydrogen) atoms. The number of benzene rings is 4. The molecule has 1 aliphatic heterocycles. The SMILES string of the molecule is CC(c1ccccc1)C(NC(=O)C1Cc2ccccc2CN1C(=O)C(N)Cc1ccc(O)cc1)C(=O)NC(Cc1ccccc1)C(=O)O. The predicted molar refractivity (Wildman–Crippen MR) is 181 cm³/mol. The standard InChI is InChI=1S/C38H40N4O6/c1-24(27-12-6-3-7-13-27)34(36(45)40-32(38(47)48)21-25-10-4-2-5-11-25)41-35(44)33-22-28-14-8-9-15-29(28)23-42(33)37(46)31(39)20-26-16-18-30(43)19-17-26/h2-19,24,31-34,43H,20-23,39H2,1H3,(H,40,45)(H,41,44)(H,47,48).